The molecule has 82 heavy (non-hydrogen) atoms. The molecule has 0 amide bonds. The third-order valence-corrected chi connectivity index (χ3v) is 19.1. The lowest BCUT2D eigenvalue weighted by molar-refractivity contribution is 1.12. The number of hydrogen-bond donors (Lipinski definition) is 0. The number of hydrogen-bond acceptors (Lipinski definition) is 4. The third-order valence-electron chi connectivity index (χ3n) is 16.8. The molecule has 5 heterocycles. The Hall–Kier alpha value is -9.90. The smallest absolute Gasteiger partial charge is 0.100 e. The molecule has 386 valence electrons. The molecular weight excluding hydrogens is 1030 g/mol. The SMILES string of the molecule is Cc1ccc2c(c1)c1ccccc1n2-c1ccc(-c2c(-c3cccc4sc5ccccc5c34)c(C#N)c(-c3cc(C)nc(C)c3)c(-c3cccc4sc5ccccc5c34)c2-c2ccc(-n3c4ccccc4c4cc(C)ccc43)cc2)cc1. The average Bonchev–Trinajstić information content (AvgIpc) is 3.41. The highest BCUT2D eigenvalue weighted by Crippen LogP contribution is 2.57. The molecule has 0 atom stereocenters. The van der Waals surface area contributed by atoms with Crippen LogP contribution < -0.4 is 0 Å². The van der Waals surface area contributed by atoms with Crippen molar-refractivity contribution in [2.75, 3.05) is 0 Å². The summed E-state index contributed by atoms with van der Waals surface area (Å²) in [5.41, 5.74) is 21.6. The predicted molar refractivity (Wildman–Crippen MR) is 350 cm³/mol. The molecule has 4 nitrogen and oxygen atoms in total. The molecule has 0 aliphatic rings. The average molecular weight is 1080 g/mol. The van der Waals surface area contributed by atoms with Gasteiger partial charge in [0, 0.05) is 95.8 Å². The Bertz CT molecular complexity index is 5370. The summed E-state index contributed by atoms with van der Waals surface area (Å²) in [5.74, 6) is 0. The molecule has 0 fully saturated rings. The van der Waals surface area contributed by atoms with E-state index in [1.165, 1.54) is 67.6 Å². The van der Waals surface area contributed by atoms with E-state index < -0.39 is 0 Å². The summed E-state index contributed by atoms with van der Waals surface area (Å²) in [6.45, 7) is 8.47. The van der Waals surface area contributed by atoms with Crippen LogP contribution in [-0.2, 0) is 0 Å². The first-order chi connectivity index (χ1) is 40.3. The van der Waals surface area contributed by atoms with Gasteiger partial charge in [0.25, 0.3) is 0 Å². The van der Waals surface area contributed by atoms with Crippen LogP contribution in [0.2, 0.25) is 0 Å². The van der Waals surface area contributed by atoms with Gasteiger partial charge in [-0.1, -0.05) is 145 Å². The van der Waals surface area contributed by atoms with Crippen molar-refractivity contribution >= 4 is 107 Å². The fraction of sp³-hybridized carbons (Fsp3) is 0.0526. The fourth-order valence-electron chi connectivity index (χ4n) is 13.5. The van der Waals surface area contributed by atoms with Crippen molar-refractivity contribution in [1.82, 2.24) is 14.1 Å². The van der Waals surface area contributed by atoms with Gasteiger partial charge in [0.2, 0.25) is 0 Å². The van der Waals surface area contributed by atoms with Gasteiger partial charge in [-0.3, -0.25) is 4.98 Å². The quantitative estimate of drug-likeness (QED) is 0.160. The summed E-state index contributed by atoms with van der Waals surface area (Å²) < 4.78 is 9.60. The van der Waals surface area contributed by atoms with Crippen LogP contribution >= 0.6 is 22.7 Å². The van der Waals surface area contributed by atoms with Crippen molar-refractivity contribution in [2.45, 2.75) is 27.7 Å². The van der Waals surface area contributed by atoms with E-state index >= 15 is 0 Å². The third kappa shape index (κ3) is 7.30. The Kier molecular flexibility index (Phi) is 10.9. The van der Waals surface area contributed by atoms with E-state index in [1.807, 2.05) is 11.3 Å². The van der Waals surface area contributed by atoms with Gasteiger partial charge in [-0.15, -0.1) is 22.7 Å². The van der Waals surface area contributed by atoms with Crippen LogP contribution in [0.1, 0.15) is 28.1 Å². The number of benzene rings is 11. The van der Waals surface area contributed by atoms with Crippen molar-refractivity contribution in [3.05, 3.63) is 259 Å². The molecule has 0 aliphatic heterocycles. The molecule has 0 bridgehead atoms. The Morgan fingerprint density at radius 3 is 1.24 bits per heavy atom. The largest absolute Gasteiger partial charge is 0.309 e. The zero-order chi connectivity index (χ0) is 54.9. The van der Waals surface area contributed by atoms with Gasteiger partial charge in [-0.2, -0.15) is 5.26 Å². The van der Waals surface area contributed by atoms with Crippen molar-refractivity contribution in [3.63, 3.8) is 0 Å². The second-order valence-electron chi connectivity index (χ2n) is 21.9. The van der Waals surface area contributed by atoms with Crippen LogP contribution in [0.5, 0.6) is 0 Å². The summed E-state index contributed by atoms with van der Waals surface area (Å²) in [6.07, 6.45) is 0. The van der Waals surface area contributed by atoms with Crippen LogP contribution in [0.4, 0.5) is 0 Å². The van der Waals surface area contributed by atoms with Gasteiger partial charge in [0.1, 0.15) is 6.07 Å². The van der Waals surface area contributed by atoms with E-state index in [0.717, 1.165) is 106 Å². The topological polar surface area (TPSA) is 46.5 Å². The van der Waals surface area contributed by atoms with Gasteiger partial charge in [-0.25, -0.2) is 0 Å². The van der Waals surface area contributed by atoms with Crippen molar-refractivity contribution < 1.29 is 0 Å². The van der Waals surface area contributed by atoms with Gasteiger partial charge in [-0.05, 0) is 169 Å². The summed E-state index contributed by atoms with van der Waals surface area (Å²) >= 11 is 3.62. The van der Waals surface area contributed by atoms with Crippen LogP contribution in [-0.4, -0.2) is 14.1 Å². The molecule has 6 heteroatoms. The lowest BCUT2D eigenvalue weighted by atomic mass is 9.75. The first kappa shape index (κ1) is 48.0. The first-order valence-corrected chi connectivity index (χ1v) is 29.5. The standard InChI is InChI=1S/C76H50N4S2/c1-44-27-37-64-59(39-44)53-15-5-9-21-62(53)79(64)51-33-29-48(30-34-51)71-72(49-31-35-52(36-32-49)80-63-22-10-6-16-54(63)60-40-45(2)28-38-65(60)80)76(58-20-14-26-69-74(58)56-18-8-12-24-67(56)82-69)70(50-41-46(3)78-47(4)42-50)61(43-77)75(71)57-19-13-25-68-73(57)55-17-7-11-23-66(55)81-68/h5-42H,1-4H3. The van der Waals surface area contributed by atoms with Crippen LogP contribution in [0.25, 0.3) is 151 Å². The molecule has 16 aromatic rings. The second kappa shape index (κ2) is 18.6. The number of nitrogens with zero attached hydrogens (tertiary/aromatic N) is 4. The van der Waals surface area contributed by atoms with E-state index in [-0.39, 0.29) is 0 Å². The van der Waals surface area contributed by atoms with E-state index in [9.17, 15) is 5.26 Å². The van der Waals surface area contributed by atoms with Crippen LogP contribution in [0.3, 0.4) is 0 Å². The van der Waals surface area contributed by atoms with Gasteiger partial charge in [0.15, 0.2) is 0 Å². The summed E-state index contributed by atoms with van der Waals surface area (Å²) in [7, 11) is 0. The van der Waals surface area contributed by atoms with Crippen LogP contribution in [0.15, 0.2) is 231 Å². The number of fused-ring (bicyclic) bond motifs is 12. The highest BCUT2D eigenvalue weighted by molar-refractivity contribution is 7.26. The van der Waals surface area contributed by atoms with Crippen molar-refractivity contribution in [1.29, 1.82) is 5.26 Å². The maximum absolute atomic E-state index is 12.5. The number of nitriles is 1. The van der Waals surface area contributed by atoms with E-state index in [1.54, 1.807) is 11.3 Å². The number of rotatable bonds is 7. The van der Waals surface area contributed by atoms with Crippen molar-refractivity contribution in [2.24, 2.45) is 0 Å². The Labute approximate surface area is 482 Å². The molecular formula is C76H50N4S2. The number of aromatic nitrogens is 3. The van der Waals surface area contributed by atoms with Crippen molar-refractivity contribution in [3.8, 4) is 73.1 Å². The molecule has 0 aliphatic carbocycles. The maximum Gasteiger partial charge on any atom is 0.100 e. The fourth-order valence-corrected chi connectivity index (χ4v) is 15.8. The molecule has 16 rings (SSSR count). The Morgan fingerprint density at radius 1 is 0.341 bits per heavy atom. The summed E-state index contributed by atoms with van der Waals surface area (Å²) in [5, 5.41) is 22.1. The molecule has 0 spiro atoms. The van der Waals surface area contributed by atoms with Gasteiger partial charge < -0.3 is 9.13 Å². The van der Waals surface area contributed by atoms with Gasteiger partial charge >= 0.3 is 0 Å². The second-order valence-corrected chi connectivity index (χ2v) is 24.1. The number of pyridine rings is 1. The summed E-state index contributed by atoms with van der Waals surface area (Å²) in [4.78, 5) is 4.96. The van der Waals surface area contributed by atoms with Crippen LogP contribution in [0, 0.1) is 39.0 Å². The highest BCUT2D eigenvalue weighted by atomic mass is 32.1. The maximum atomic E-state index is 12.5. The van der Waals surface area contributed by atoms with E-state index in [4.69, 9.17) is 4.98 Å². The minimum absolute atomic E-state index is 0.622. The molecule has 0 saturated carbocycles. The molecule has 0 N–H and O–H groups in total. The molecule has 0 unspecified atom stereocenters. The number of para-hydroxylation sites is 2. The Balaban J connectivity index is 1.09. The predicted octanol–water partition coefficient (Wildman–Crippen LogP) is 21.5. The normalized spacial score (nSPS) is 11.9. The molecule has 0 radical (unpaired) electrons. The zero-order valence-electron chi connectivity index (χ0n) is 45.5. The zero-order valence-corrected chi connectivity index (χ0v) is 47.2. The lowest BCUT2D eigenvalue weighted by Gasteiger charge is -2.27. The van der Waals surface area contributed by atoms with Gasteiger partial charge in [0.05, 0.1) is 27.6 Å². The summed E-state index contributed by atoms with van der Waals surface area (Å²) in [6, 6.07) is 87.8. The number of thiophene rings is 2. The monoisotopic (exact) mass is 1080 g/mol. The lowest BCUT2D eigenvalue weighted by Crippen LogP contribution is -2.04. The minimum Gasteiger partial charge on any atom is -0.309 e. The first-order valence-electron chi connectivity index (χ1n) is 27.9. The molecule has 11 aromatic carbocycles. The highest BCUT2D eigenvalue weighted by Gasteiger charge is 2.32. The molecule has 5 aromatic heterocycles. The number of aryl methyl sites for hydroxylation is 4. The van der Waals surface area contributed by atoms with E-state index in [0.29, 0.717) is 5.56 Å². The van der Waals surface area contributed by atoms with E-state index in [2.05, 4.69) is 273 Å². The molecule has 0 saturated heterocycles. The Morgan fingerprint density at radius 2 is 0.756 bits per heavy atom. The minimum atomic E-state index is 0.622.